The van der Waals surface area contributed by atoms with Crippen LogP contribution in [0.3, 0.4) is 0 Å². The summed E-state index contributed by atoms with van der Waals surface area (Å²) in [5, 5.41) is 2.15. The lowest BCUT2D eigenvalue weighted by Crippen LogP contribution is -2.16. The average molecular weight is 605 g/mol. The fourth-order valence-corrected chi connectivity index (χ4v) is 7.29. The number of oxazole rings is 1. The van der Waals surface area contributed by atoms with Crippen molar-refractivity contribution in [1.29, 1.82) is 0 Å². The molecule has 0 bridgehead atoms. The third-order valence-corrected chi connectivity index (χ3v) is 9.69. The second-order valence-electron chi connectivity index (χ2n) is 12.8. The van der Waals surface area contributed by atoms with Crippen LogP contribution < -0.4 is 4.90 Å². The van der Waals surface area contributed by atoms with Crippen LogP contribution in [-0.4, -0.2) is 4.98 Å². The van der Waals surface area contributed by atoms with E-state index in [0.717, 1.165) is 44.5 Å². The zero-order valence-corrected chi connectivity index (χ0v) is 26.3. The lowest BCUT2D eigenvalue weighted by Gasteiger charge is -2.28. The molecule has 0 atom stereocenters. The predicted molar refractivity (Wildman–Crippen MR) is 195 cm³/mol. The van der Waals surface area contributed by atoms with Crippen molar-refractivity contribution in [2.45, 2.75) is 19.3 Å². The number of anilines is 3. The number of aromatic nitrogens is 1. The summed E-state index contributed by atoms with van der Waals surface area (Å²) in [5.74, 6) is 0.614. The van der Waals surface area contributed by atoms with Gasteiger partial charge in [-0.05, 0) is 81.2 Å². The average Bonchev–Trinajstić information content (AvgIpc) is 3.68. The van der Waals surface area contributed by atoms with E-state index in [1.165, 1.54) is 33.4 Å². The summed E-state index contributed by atoms with van der Waals surface area (Å²) in [7, 11) is 0. The third kappa shape index (κ3) is 4.39. The van der Waals surface area contributed by atoms with Crippen molar-refractivity contribution in [1.82, 2.24) is 4.98 Å². The van der Waals surface area contributed by atoms with Crippen LogP contribution in [0, 0.1) is 0 Å². The molecule has 0 radical (unpaired) electrons. The maximum absolute atomic E-state index is 6.62. The largest absolute Gasteiger partial charge is 0.435 e. The molecule has 0 saturated carbocycles. The van der Waals surface area contributed by atoms with Crippen LogP contribution in [-0.2, 0) is 5.41 Å². The highest BCUT2D eigenvalue weighted by Gasteiger charge is 2.36. The summed E-state index contributed by atoms with van der Waals surface area (Å²) < 4.78 is 6.62. The first kappa shape index (κ1) is 27.4. The molecule has 9 rings (SSSR count). The molecular formula is C44H32N2O. The van der Waals surface area contributed by atoms with Crippen LogP contribution in [0.5, 0.6) is 0 Å². The zero-order chi connectivity index (χ0) is 31.5. The van der Waals surface area contributed by atoms with Gasteiger partial charge in [-0.25, -0.2) is 4.98 Å². The molecule has 1 aliphatic carbocycles. The SMILES string of the molecule is CC1(C)c2ccccc2-c2ccc(N(c3ccc(-c4ccccc4)cc3)c3cc4ccccc4c4oc(-c5ccccc5)nc34)cc21. The van der Waals surface area contributed by atoms with Gasteiger partial charge in [-0.15, -0.1) is 0 Å². The molecule has 1 heterocycles. The van der Waals surface area contributed by atoms with Crippen molar-refractivity contribution in [3.63, 3.8) is 0 Å². The quantitative estimate of drug-likeness (QED) is 0.196. The van der Waals surface area contributed by atoms with Crippen LogP contribution >= 0.6 is 0 Å². The summed E-state index contributed by atoms with van der Waals surface area (Å²) in [5.41, 5.74) is 13.2. The first-order chi connectivity index (χ1) is 23.1. The lowest BCUT2D eigenvalue weighted by molar-refractivity contribution is 0.623. The van der Waals surface area contributed by atoms with Gasteiger partial charge in [0.2, 0.25) is 5.89 Å². The topological polar surface area (TPSA) is 29.3 Å². The molecule has 1 aliphatic rings. The molecule has 1 aromatic heterocycles. The highest BCUT2D eigenvalue weighted by atomic mass is 16.3. The van der Waals surface area contributed by atoms with E-state index in [2.05, 4.69) is 146 Å². The molecule has 0 amide bonds. The van der Waals surface area contributed by atoms with Gasteiger partial charge in [0.1, 0.15) is 5.52 Å². The number of rotatable bonds is 5. The van der Waals surface area contributed by atoms with E-state index in [0.29, 0.717) is 5.89 Å². The normalized spacial score (nSPS) is 13.1. The molecule has 0 aliphatic heterocycles. The molecule has 7 aromatic carbocycles. The van der Waals surface area contributed by atoms with Crippen LogP contribution in [0.1, 0.15) is 25.0 Å². The van der Waals surface area contributed by atoms with Gasteiger partial charge in [-0.2, -0.15) is 0 Å². The van der Waals surface area contributed by atoms with E-state index in [1.807, 2.05) is 30.3 Å². The summed E-state index contributed by atoms with van der Waals surface area (Å²) in [6, 6.07) is 55.9. The molecule has 0 unspecified atom stereocenters. The van der Waals surface area contributed by atoms with Crippen molar-refractivity contribution < 1.29 is 4.42 Å². The molecule has 0 saturated heterocycles. The first-order valence-corrected chi connectivity index (χ1v) is 16.1. The van der Waals surface area contributed by atoms with Crippen molar-refractivity contribution in [3.8, 4) is 33.7 Å². The monoisotopic (exact) mass is 604 g/mol. The number of fused-ring (bicyclic) bond motifs is 6. The maximum Gasteiger partial charge on any atom is 0.227 e. The van der Waals surface area contributed by atoms with Gasteiger partial charge in [0, 0.05) is 27.7 Å². The first-order valence-electron chi connectivity index (χ1n) is 16.1. The lowest BCUT2D eigenvalue weighted by atomic mass is 9.82. The van der Waals surface area contributed by atoms with Crippen LogP contribution in [0.2, 0.25) is 0 Å². The van der Waals surface area contributed by atoms with Crippen LogP contribution in [0.4, 0.5) is 17.1 Å². The third-order valence-electron chi connectivity index (χ3n) is 9.69. The van der Waals surface area contributed by atoms with Crippen molar-refractivity contribution >= 4 is 38.9 Å². The zero-order valence-electron chi connectivity index (χ0n) is 26.3. The van der Waals surface area contributed by atoms with Crippen molar-refractivity contribution in [2.24, 2.45) is 0 Å². The molecular weight excluding hydrogens is 572 g/mol. The van der Waals surface area contributed by atoms with Gasteiger partial charge in [-0.1, -0.05) is 129 Å². The van der Waals surface area contributed by atoms with Gasteiger partial charge in [0.05, 0.1) is 5.69 Å². The van der Waals surface area contributed by atoms with Gasteiger partial charge >= 0.3 is 0 Å². The highest BCUT2D eigenvalue weighted by molar-refractivity contribution is 6.11. The Bertz CT molecular complexity index is 2420. The van der Waals surface area contributed by atoms with E-state index in [1.54, 1.807) is 0 Å². The van der Waals surface area contributed by atoms with Gasteiger partial charge in [0.15, 0.2) is 5.58 Å². The van der Waals surface area contributed by atoms with Crippen molar-refractivity contribution in [3.05, 3.63) is 169 Å². The van der Waals surface area contributed by atoms with E-state index in [4.69, 9.17) is 9.40 Å². The Morgan fingerprint density at radius 2 is 1.15 bits per heavy atom. The molecule has 47 heavy (non-hydrogen) atoms. The molecule has 3 nitrogen and oxygen atoms in total. The second-order valence-corrected chi connectivity index (χ2v) is 12.8. The summed E-state index contributed by atoms with van der Waals surface area (Å²) in [6.07, 6.45) is 0. The van der Waals surface area contributed by atoms with Crippen LogP contribution in [0.15, 0.2) is 162 Å². The second kappa shape index (κ2) is 10.6. The van der Waals surface area contributed by atoms with Gasteiger partial charge < -0.3 is 9.32 Å². The van der Waals surface area contributed by atoms with E-state index in [-0.39, 0.29) is 5.41 Å². The molecule has 224 valence electrons. The Hall–Kier alpha value is -5.93. The molecule has 0 fully saturated rings. The summed E-state index contributed by atoms with van der Waals surface area (Å²) in [4.78, 5) is 7.54. The molecule has 0 N–H and O–H groups in total. The van der Waals surface area contributed by atoms with E-state index < -0.39 is 0 Å². The Labute approximate surface area is 274 Å². The Morgan fingerprint density at radius 3 is 1.94 bits per heavy atom. The number of nitrogens with zero attached hydrogens (tertiary/aromatic N) is 2. The van der Waals surface area contributed by atoms with Gasteiger partial charge in [0.25, 0.3) is 0 Å². The Morgan fingerprint density at radius 1 is 0.532 bits per heavy atom. The number of hydrogen-bond acceptors (Lipinski definition) is 3. The predicted octanol–water partition coefficient (Wildman–Crippen LogP) is 12.1. The smallest absolute Gasteiger partial charge is 0.227 e. The minimum absolute atomic E-state index is 0.127. The fraction of sp³-hybridized carbons (Fsp3) is 0.0682. The standard InChI is InChI=1S/C44H32N2O/c1-44(2)38-20-12-11-19-36(38)37-26-25-34(28-39(37)44)46(33-23-21-30(22-24-33)29-13-5-3-6-14-29)40-27-32-17-9-10-18-35(32)42-41(40)45-43(47-42)31-15-7-4-8-16-31/h3-28H,1-2H3. The van der Waals surface area contributed by atoms with Crippen molar-refractivity contribution in [2.75, 3.05) is 4.90 Å². The minimum Gasteiger partial charge on any atom is -0.435 e. The Kier molecular flexibility index (Phi) is 6.16. The van der Waals surface area contributed by atoms with Crippen LogP contribution in [0.25, 0.3) is 55.6 Å². The Balaban J connectivity index is 1.30. The van der Waals surface area contributed by atoms with Gasteiger partial charge in [-0.3, -0.25) is 0 Å². The summed E-state index contributed by atoms with van der Waals surface area (Å²) >= 11 is 0. The highest BCUT2D eigenvalue weighted by Crippen LogP contribution is 2.51. The molecule has 3 heteroatoms. The number of benzene rings is 7. The minimum atomic E-state index is -0.127. The molecule has 0 spiro atoms. The molecule has 8 aromatic rings. The summed E-state index contributed by atoms with van der Waals surface area (Å²) in [6.45, 7) is 4.66. The van der Waals surface area contributed by atoms with E-state index >= 15 is 0 Å². The maximum atomic E-state index is 6.62. The fourth-order valence-electron chi connectivity index (χ4n) is 7.29. The van der Waals surface area contributed by atoms with E-state index in [9.17, 15) is 0 Å². The number of hydrogen-bond donors (Lipinski definition) is 0.